The first-order valence-corrected chi connectivity index (χ1v) is 9.24. The van der Waals surface area contributed by atoms with Crippen LogP contribution >= 0.6 is 0 Å². The molecule has 0 bridgehead atoms. The predicted molar refractivity (Wildman–Crippen MR) is 113 cm³/mol. The van der Waals surface area contributed by atoms with E-state index in [2.05, 4.69) is 25.3 Å². The van der Waals surface area contributed by atoms with E-state index < -0.39 is 0 Å². The highest BCUT2D eigenvalue weighted by Crippen LogP contribution is 2.23. The number of hydrogen-bond donors (Lipinski definition) is 1. The molecule has 148 valence electrons. The molecule has 1 N–H and O–H groups in total. The van der Waals surface area contributed by atoms with Gasteiger partial charge < -0.3 is 5.32 Å². The Bertz CT molecular complexity index is 1240. The first-order valence-electron chi connectivity index (χ1n) is 9.24. The molecular formula is C22H18N6O2. The lowest BCUT2D eigenvalue weighted by Crippen LogP contribution is -2.25. The van der Waals surface area contributed by atoms with Crippen LogP contribution < -0.4 is 10.9 Å². The monoisotopic (exact) mass is 398 g/mol. The molecule has 0 aliphatic rings. The third kappa shape index (κ3) is 3.97. The number of rotatable bonds is 6. The second-order valence-corrected chi connectivity index (χ2v) is 6.52. The van der Waals surface area contributed by atoms with Crippen molar-refractivity contribution >= 4 is 11.7 Å². The van der Waals surface area contributed by atoms with Crippen LogP contribution in [0.25, 0.3) is 22.5 Å². The predicted octanol–water partition coefficient (Wildman–Crippen LogP) is 2.59. The molecule has 0 atom stereocenters. The summed E-state index contributed by atoms with van der Waals surface area (Å²) in [7, 11) is 1.59. The molecule has 8 nitrogen and oxygen atoms in total. The molecule has 0 unspecified atom stereocenters. The van der Waals surface area contributed by atoms with E-state index in [1.54, 1.807) is 37.8 Å². The van der Waals surface area contributed by atoms with Crippen molar-refractivity contribution in [3.63, 3.8) is 0 Å². The van der Waals surface area contributed by atoms with Gasteiger partial charge in [-0.25, -0.2) is 15.0 Å². The number of hydrogen-bond acceptors (Lipinski definition) is 7. The van der Waals surface area contributed by atoms with Gasteiger partial charge in [0.2, 0.25) is 5.95 Å². The molecular weight excluding hydrogens is 380 g/mol. The lowest BCUT2D eigenvalue weighted by Gasteiger charge is -2.12. The van der Waals surface area contributed by atoms with Gasteiger partial charge in [0.25, 0.3) is 5.56 Å². The summed E-state index contributed by atoms with van der Waals surface area (Å²) in [5.41, 5.74) is 2.90. The number of anilines is 1. The minimum Gasteiger partial charge on any atom is -0.348 e. The largest absolute Gasteiger partial charge is 0.348 e. The zero-order valence-corrected chi connectivity index (χ0v) is 16.2. The van der Waals surface area contributed by atoms with E-state index in [9.17, 15) is 9.59 Å². The Morgan fingerprint density at radius 2 is 1.90 bits per heavy atom. The van der Waals surface area contributed by atoms with E-state index in [1.165, 1.54) is 17.0 Å². The minimum atomic E-state index is -0.260. The molecule has 0 saturated carbocycles. The fourth-order valence-electron chi connectivity index (χ4n) is 3.03. The van der Waals surface area contributed by atoms with Gasteiger partial charge >= 0.3 is 0 Å². The smallest absolute Gasteiger partial charge is 0.255 e. The Labute approximate surface area is 172 Å². The van der Waals surface area contributed by atoms with Crippen LogP contribution in [-0.4, -0.2) is 36.8 Å². The van der Waals surface area contributed by atoms with Gasteiger partial charge in [-0.3, -0.25) is 19.1 Å². The van der Waals surface area contributed by atoms with Gasteiger partial charge in [-0.1, -0.05) is 30.3 Å². The maximum absolute atomic E-state index is 12.9. The number of benzene rings is 1. The Morgan fingerprint density at radius 3 is 2.67 bits per heavy atom. The summed E-state index contributed by atoms with van der Waals surface area (Å²) in [6.45, 7) is -0.0230. The number of carbonyl (C=O) groups excluding carboxylic acids is 1. The molecule has 8 heteroatoms. The van der Waals surface area contributed by atoms with Crippen LogP contribution in [0.4, 0.5) is 5.95 Å². The van der Waals surface area contributed by atoms with E-state index >= 15 is 0 Å². The second kappa shape index (κ2) is 8.44. The first kappa shape index (κ1) is 19.1. The van der Waals surface area contributed by atoms with Crippen LogP contribution in [-0.2, 0) is 7.05 Å². The van der Waals surface area contributed by atoms with Crippen molar-refractivity contribution in [3.8, 4) is 22.5 Å². The van der Waals surface area contributed by atoms with E-state index in [4.69, 9.17) is 0 Å². The van der Waals surface area contributed by atoms with Gasteiger partial charge in [0.1, 0.15) is 6.33 Å². The molecule has 4 rings (SSSR count). The standard InChI is InChI=1S/C22H18N6O2/c1-28-21(30)11-19(18-8-10-24-14-26-18)27-22(28)25-13-20(29)17-7-3-2-6-16(17)15-5-4-9-23-12-15/h2-12,14H,13H2,1H3,(H,25,27). The van der Waals surface area contributed by atoms with Crippen molar-refractivity contribution in [2.24, 2.45) is 7.05 Å². The normalized spacial score (nSPS) is 10.6. The molecule has 3 heterocycles. The van der Waals surface area contributed by atoms with Gasteiger partial charge in [-0.05, 0) is 17.7 Å². The SMILES string of the molecule is Cn1c(NCC(=O)c2ccccc2-c2cccnc2)nc(-c2ccncn2)cc1=O. The van der Waals surface area contributed by atoms with Crippen LogP contribution in [0, 0.1) is 0 Å². The van der Waals surface area contributed by atoms with E-state index in [1.807, 2.05) is 30.3 Å². The molecule has 3 aromatic heterocycles. The molecule has 0 amide bonds. The molecule has 0 aliphatic carbocycles. The van der Waals surface area contributed by atoms with Gasteiger partial charge in [0, 0.05) is 42.8 Å². The van der Waals surface area contributed by atoms with E-state index in [-0.39, 0.29) is 23.8 Å². The number of pyridine rings is 1. The van der Waals surface area contributed by atoms with Crippen molar-refractivity contribution < 1.29 is 4.79 Å². The Morgan fingerprint density at radius 1 is 1.03 bits per heavy atom. The Balaban J connectivity index is 1.60. The summed E-state index contributed by atoms with van der Waals surface area (Å²) in [4.78, 5) is 41.9. The summed E-state index contributed by atoms with van der Waals surface area (Å²) in [5, 5.41) is 2.98. The minimum absolute atomic E-state index is 0.0230. The maximum Gasteiger partial charge on any atom is 0.255 e. The fraction of sp³-hybridized carbons (Fsp3) is 0.0909. The maximum atomic E-state index is 12.9. The van der Waals surface area contributed by atoms with Gasteiger partial charge in [0.05, 0.1) is 17.9 Å². The summed E-state index contributed by atoms with van der Waals surface area (Å²) in [6.07, 6.45) is 6.37. The third-order valence-electron chi connectivity index (χ3n) is 4.59. The number of nitrogens with one attached hydrogen (secondary N) is 1. The highest BCUT2D eigenvalue weighted by Gasteiger charge is 2.14. The van der Waals surface area contributed by atoms with Crippen LogP contribution in [0.15, 0.2) is 78.2 Å². The number of aromatic nitrogens is 5. The third-order valence-corrected chi connectivity index (χ3v) is 4.59. The van der Waals surface area contributed by atoms with Crippen molar-refractivity contribution in [3.05, 3.63) is 89.4 Å². The zero-order valence-electron chi connectivity index (χ0n) is 16.2. The Kier molecular flexibility index (Phi) is 5.38. The molecule has 1 aromatic carbocycles. The molecule has 4 aromatic rings. The summed E-state index contributed by atoms with van der Waals surface area (Å²) < 4.78 is 1.35. The average molecular weight is 398 g/mol. The first-order chi connectivity index (χ1) is 14.6. The van der Waals surface area contributed by atoms with E-state index in [0.29, 0.717) is 17.0 Å². The molecule has 0 saturated heterocycles. The topological polar surface area (TPSA) is 103 Å². The number of carbonyl (C=O) groups is 1. The lowest BCUT2D eigenvalue weighted by molar-refractivity contribution is 0.101. The highest BCUT2D eigenvalue weighted by molar-refractivity contribution is 6.04. The number of ketones is 1. The quantitative estimate of drug-likeness (QED) is 0.498. The molecule has 0 fully saturated rings. The van der Waals surface area contributed by atoms with Gasteiger partial charge in [-0.2, -0.15) is 0 Å². The van der Waals surface area contributed by atoms with Crippen molar-refractivity contribution in [1.29, 1.82) is 0 Å². The summed E-state index contributed by atoms with van der Waals surface area (Å²) >= 11 is 0. The molecule has 30 heavy (non-hydrogen) atoms. The number of nitrogens with zero attached hydrogens (tertiary/aromatic N) is 5. The van der Waals surface area contributed by atoms with Crippen LogP contribution in [0.3, 0.4) is 0 Å². The number of Topliss-reactive ketones (excluding diaryl/α,β-unsaturated/α-hetero) is 1. The van der Waals surface area contributed by atoms with Crippen molar-refractivity contribution in [2.75, 3.05) is 11.9 Å². The molecule has 0 spiro atoms. The van der Waals surface area contributed by atoms with Crippen LogP contribution in [0.5, 0.6) is 0 Å². The van der Waals surface area contributed by atoms with Crippen molar-refractivity contribution in [1.82, 2.24) is 24.5 Å². The summed E-state index contributed by atoms with van der Waals surface area (Å²) in [6, 6.07) is 14.1. The van der Waals surface area contributed by atoms with E-state index in [0.717, 1.165) is 11.1 Å². The lowest BCUT2D eigenvalue weighted by atomic mass is 9.98. The van der Waals surface area contributed by atoms with Crippen LogP contribution in [0.1, 0.15) is 10.4 Å². The van der Waals surface area contributed by atoms with Gasteiger partial charge in [-0.15, -0.1) is 0 Å². The van der Waals surface area contributed by atoms with Gasteiger partial charge in [0.15, 0.2) is 5.78 Å². The molecule has 0 radical (unpaired) electrons. The highest BCUT2D eigenvalue weighted by atomic mass is 16.1. The average Bonchev–Trinajstić information content (AvgIpc) is 2.81. The summed E-state index contributed by atoms with van der Waals surface area (Å²) in [5.74, 6) is 0.152. The molecule has 0 aliphatic heterocycles. The van der Waals surface area contributed by atoms with Crippen LogP contribution in [0.2, 0.25) is 0 Å². The fourth-order valence-corrected chi connectivity index (χ4v) is 3.03. The van der Waals surface area contributed by atoms with Crippen molar-refractivity contribution in [2.45, 2.75) is 0 Å². The Hall–Kier alpha value is -4.20. The zero-order chi connectivity index (χ0) is 20.9. The second-order valence-electron chi connectivity index (χ2n) is 6.52.